The van der Waals surface area contributed by atoms with Gasteiger partial charge in [-0.1, -0.05) is 0 Å². The van der Waals surface area contributed by atoms with E-state index in [9.17, 15) is 9.59 Å². The molecule has 6 heteroatoms. The maximum atomic E-state index is 12.4. The van der Waals surface area contributed by atoms with Crippen molar-refractivity contribution in [2.75, 3.05) is 10.6 Å². The van der Waals surface area contributed by atoms with Crippen molar-refractivity contribution in [3.05, 3.63) is 57.6 Å². The number of nitrogens with two attached hydrogens (primary N) is 1. The molecule has 0 fully saturated rings. The minimum absolute atomic E-state index is 0.288. The van der Waals surface area contributed by atoms with Crippen LogP contribution in [0.5, 0.6) is 0 Å². The number of carbonyl (C=O) groups is 2. The fourth-order valence-corrected chi connectivity index (χ4v) is 2.79. The van der Waals surface area contributed by atoms with E-state index in [0.29, 0.717) is 27.0 Å². The summed E-state index contributed by atoms with van der Waals surface area (Å²) >= 11 is 3.29. The summed E-state index contributed by atoms with van der Waals surface area (Å²) in [6.45, 7) is 0. The lowest BCUT2D eigenvalue weighted by Crippen LogP contribution is -2.29. The van der Waals surface area contributed by atoms with Crippen molar-refractivity contribution < 1.29 is 9.59 Å². The summed E-state index contributed by atoms with van der Waals surface area (Å²) in [5.41, 5.74) is 7.54. The number of anilines is 2. The Kier molecular flexibility index (Phi) is 3.00. The van der Waals surface area contributed by atoms with Gasteiger partial charge in [0.2, 0.25) is 0 Å². The Balaban J connectivity index is 2.12. The van der Waals surface area contributed by atoms with E-state index < -0.39 is 11.8 Å². The quantitative estimate of drug-likeness (QED) is 0.638. The number of hydrogen-bond acceptors (Lipinski definition) is 4. The fourth-order valence-electron chi connectivity index (χ4n) is 2.24. The summed E-state index contributed by atoms with van der Waals surface area (Å²) < 4.78 is 0.504. The zero-order valence-electron chi connectivity index (χ0n) is 10.6. The van der Waals surface area contributed by atoms with E-state index in [1.54, 1.807) is 30.3 Å². The standard InChI is InChI=1S/C15H8BrN3O2/c16-12-5-8(7-17)1-4-13(12)19-14(20)10-3-2-9(18)6-11(10)15(19)21/h1-6H,18H2. The third kappa shape index (κ3) is 1.99. The number of amides is 2. The average molecular weight is 342 g/mol. The van der Waals surface area contributed by atoms with Crippen molar-refractivity contribution in [1.82, 2.24) is 0 Å². The van der Waals surface area contributed by atoms with E-state index in [2.05, 4.69) is 15.9 Å². The van der Waals surface area contributed by atoms with Gasteiger partial charge < -0.3 is 5.73 Å². The van der Waals surface area contributed by atoms with Gasteiger partial charge in [-0.25, -0.2) is 4.90 Å². The number of fused-ring (bicyclic) bond motifs is 1. The molecule has 5 nitrogen and oxygen atoms in total. The Morgan fingerprint density at radius 1 is 1.05 bits per heavy atom. The highest BCUT2D eigenvalue weighted by Crippen LogP contribution is 2.34. The zero-order valence-corrected chi connectivity index (χ0v) is 12.2. The molecule has 0 saturated heterocycles. The second kappa shape index (κ2) is 4.72. The van der Waals surface area contributed by atoms with E-state index in [0.717, 1.165) is 4.90 Å². The molecule has 0 aliphatic carbocycles. The van der Waals surface area contributed by atoms with Crippen LogP contribution in [0.1, 0.15) is 26.3 Å². The fraction of sp³-hybridized carbons (Fsp3) is 0. The predicted octanol–water partition coefficient (Wildman–Crippen LogP) is 2.70. The maximum Gasteiger partial charge on any atom is 0.266 e. The first-order valence-corrected chi connectivity index (χ1v) is 6.80. The van der Waals surface area contributed by atoms with E-state index in [1.165, 1.54) is 6.07 Å². The van der Waals surface area contributed by atoms with Crippen molar-refractivity contribution in [3.63, 3.8) is 0 Å². The number of carbonyl (C=O) groups excluding carboxylic acids is 2. The number of hydrogen-bond donors (Lipinski definition) is 1. The molecule has 2 N–H and O–H groups in total. The van der Waals surface area contributed by atoms with Crippen LogP contribution in [0, 0.1) is 11.3 Å². The highest BCUT2D eigenvalue weighted by atomic mass is 79.9. The van der Waals surface area contributed by atoms with E-state index in [4.69, 9.17) is 11.0 Å². The molecule has 2 amide bonds. The Morgan fingerprint density at radius 3 is 2.43 bits per heavy atom. The molecule has 0 aromatic heterocycles. The monoisotopic (exact) mass is 341 g/mol. The summed E-state index contributed by atoms with van der Waals surface area (Å²) in [6.07, 6.45) is 0. The molecular formula is C15H8BrN3O2. The van der Waals surface area contributed by atoms with Crippen LogP contribution < -0.4 is 10.6 Å². The van der Waals surface area contributed by atoms with Crippen LogP contribution in [-0.4, -0.2) is 11.8 Å². The lowest BCUT2D eigenvalue weighted by molar-refractivity contribution is 0.0926. The Morgan fingerprint density at radius 2 is 1.76 bits per heavy atom. The predicted molar refractivity (Wildman–Crippen MR) is 80.9 cm³/mol. The summed E-state index contributed by atoms with van der Waals surface area (Å²) in [5, 5.41) is 8.86. The molecule has 0 spiro atoms. The van der Waals surface area contributed by atoms with E-state index in [1.807, 2.05) is 6.07 Å². The molecule has 0 atom stereocenters. The highest BCUT2D eigenvalue weighted by molar-refractivity contribution is 9.10. The number of rotatable bonds is 1. The summed E-state index contributed by atoms with van der Waals surface area (Å²) in [7, 11) is 0. The molecule has 1 aliphatic heterocycles. The molecule has 1 heterocycles. The van der Waals surface area contributed by atoms with Gasteiger partial charge in [0.05, 0.1) is 28.4 Å². The van der Waals surface area contributed by atoms with Crippen LogP contribution in [0.25, 0.3) is 0 Å². The normalized spacial score (nSPS) is 13.2. The molecule has 2 aromatic carbocycles. The number of benzene rings is 2. The minimum atomic E-state index is -0.423. The molecule has 0 unspecified atom stereocenters. The van der Waals surface area contributed by atoms with Crippen molar-refractivity contribution in [2.45, 2.75) is 0 Å². The Hall–Kier alpha value is -2.65. The van der Waals surface area contributed by atoms with Gasteiger partial charge in [-0.3, -0.25) is 9.59 Å². The SMILES string of the molecule is N#Cc1ccc(N2C(=O)c3ccc(N)cc3C2=O)c(Br)c1. The topological polar surface area (TPSA) is 87.2 Å². The van der Waals surface area contributed by atoms with Crippen molar-refractivity contribution in [3.8, 4) is 6.07 Å². The van der Waals surface area contributed by atoms with Gasteiger partial charge in [-0.2, -0.15) is 5.26 Å². The van der Waals surface area contributed by atoms with Crippen molar-refractivity contribution in [1.29, 1.82) is 5.26 Å². The largest absolute Gasteiger partial charge is 0.399 e. The van der Waals surface area contributed by atoms with Gasteiger partial charge in [-0.05, 0) is 52.3 Å². The molecule has 3 rings (SSSR count). The lowest BCUT2D eigenvalue weighted by atomic mass is 10.1. The van der Waals surface area contributed by atoms with Crippen molar-refractivity contribution >= 4 is 39.1 Å². The van der Waals surface area contributed by atoms with Gasteiger partial charge >= 0.3 is 0 Å². The molecule has 2 aromatic rings. The zero-order chi connectivity index (χ0) is 15.1. The minimum Gasteiger partial charge on any atom is -0.399 e. The second-order valence-electron chi connectivity index (χ2n) is 4.53. The number of nitriles is 1. The smallest absolute Gasteiger partial charge is 0.266 e. The number of imide groups is 1. The molecule has 0 bridgehead atoms. The first-order valence-electron chi connectivity index (χ1n) is 6.01. The second-order valence-corrected chi connectivity index (χ2v) is 5.38. The van der Waals surface area contributed by atoms with Crippen LogP contribution in [0.2, 0.25) is 0 Å². The molecule has 1 aliphatic rings. The van der Waals surface area contributed by atoms with E-state index >= 15 is 0 Å². The maximum absolute atomic E-state index is 12.4. The van der Waals surface area contributed by atoms with Gasteiger partial charge in [0.15, 0.2) is 0 Å². The molecule has 21 heavy (non-hydrogen) atoms. The lowest BCUT2D eigenvalue weighted by Gasteiger charge is -2.15. The van der Waals surface area contributed by atoms with Gasteiger partial charge in [0, 0.05) is 10.2 Å². The van der Waals surface area contributed by atoms with Crippen LogP contribution in [0.4, 0.5) is 11.4 Å². The molecule has 0 saturated carbocycles. The van der Waals surface area contributed by atoms with Gasteiger partial charge in [-0.15, -0.1) is 0 Å². The number of halogens is 1. The van der Waals surface area contributed by atoms with Crippen LogP contribution in [0.15, 0.2) is 40.9 Å². The van der Waals surface area contributed by atoms with E-state index in [-0.39, 0.29) is 5.56 Å². The molecular weight excluding hydrogens is 334 g/mol. The average Bonchev–Trinajstić information content (AvgIpc) is 2.71. The summed E-state index contributed by atoms with van der Waals surface area (Å²) in [5.74, 6) is -0.826. The van der Waals surface area contributed by atoms with Crippen molar-refractivity contribution in [2.24, 2.45) is 0 Å². The molecule has 0 radical (unpaired) electrons. The highest BCUT2D eigenvalue weighted by Gasteiger charge is 2.37. The Labute approximate surface area is 128 Å². The third-order valence-corrected chi connectivity index (χ3v) is 3.86. The number of nitrogen functional groups attached to an aromatic ring is 1. The van der Waals surface area contributed by atoms with Crippen LogP contribution >= 0.6 is 15.9 Å². The van der Waals surface area contributed by atoms with Gasteiger partial charge in [0.1, 0.15) is 0 Å². The third-order valence-electron chi connectivity index (χ3n) is 3.23. The first kappa shape index (κ1) is 13.3. The Bertz CT molecular complexity index is 839. The van der Waals surface area contributed by atoms with Gasteiger partial charge in [0.25, 0.3) is 11.8 Å². The first-order chi connectivity index (χ1) is 10.0. The molecule has 102 valence electrons. The van der Waals surface area contributed by atoms with Crippen LogP contribution in [0.3, 0.4) is 0 Å². The number of nitrogens with zero attached hydrogens (tertiary/aromatic N) is 2. The summed E-state index contributed by atoms with van der Waals surface area (Å²) in [4.78, 5) is 25.9. The summed E-state index contributed by atoms with van der Waals surface area (Å²) in [6, 6.07) is 11.3. The van der Waals surface area contributed by atoms with Crippen LogP contribution in [-0.2, 0) is 0 Å².